The van der Waals surface area contributed by atoms with E-state index < -0.39 is 5.41 Å². The van der Waals surface area contributed by atoms with E-state index in [1.165, 1.54) is 11.9 Å². The summed E-state index contributed by atoms with van der Waals surface area (Å²) in [4.78, 5) is 4.35. The number of ether oxygens (including phenoxy) is 2. The first-order valence-electron chi connectivity index (χ1n) is 10.3. The molecule has 0 aliphatic rings. The lowest BCUT2D eigenvalue weighted by atomic mass is 9.77. The average Bonchev–Trinajstić information content (AvgIpc) is 2.82. The number of alkyl halides is 1. The Bertz CT molecular complexity index is 1130. The number of halogens is 2. The van der Waals surface area contributed by atoms with E-state index in [0.717, 1.165) is 28.3 Å². The normalized spacial score (nSPS) is 11.0. The first kappa shape index (κ1) is 25.0. The van der Waals surface area contributed by atoms with Gasteiger partial charge in [-0.05, 0) is 47.5 Å². The molecular weight excluding hydrogens is 477 g/mol. The fourth-order valence-corrected chi connectivity index (χ4v) is 4.07. The standard InChI is InChI=1S/C25H25Cl2N3O2S/c1-25(2,19-12-17(15-28)24(23(27)13-19)31-11-9-26)18-4-6-22(7-5-18)32-16-21-14-20(30-33-3)8-10-29-21/h4-8,10,12-14H,9,11,16H2,1-3H3,(H,29,30). The number of nitrogens with zero attached hydrogens (tertiary/aromatic N) is 2. The van der Waals surface area contributed by atoms with Gasteiger partial charge in [-0.1, -0.05) is 49.5 Å². The molecule has 0 aliphatic carbocycles. The second kappa shape index (κ2) is 11.5. The van der Waals surface area contributed by atoms with Gasteiger partial charge in [-0.3, -0.25) is 4.98 Å². The van der Waals surface area contributed by atoms with Crippen LogP contribution in [0.1, 0.15) is 36.2 Å². The smallest absolute Gasteiger partial charge is 0.155 e. The summed E-state index contributed by atoms with van der Waals surface area (Å²) in [5, 5.41) is 9.99. The van der Waals surface area contributed by atoms with E-state index in [9.17, 15) is 5.26 Å². The lowest BCUT2D eigenvalue weighted by Gasteiger charge is -2.27. The third kappa shape index (κ3) is 6.26. The lowest BCUT2D eigenvalue weighted by Crippen LogP contribution is -2.19. The number of nitriles is 1. The molecule has 0 aliphatic heterocycles. The van der Waals surface area contributed by atoms with Crippen molar-refractivity contribution < 1.29 is 9.47 Å². The first-order valence-corrected chi connectivity index (χ1v) is 12.4. The first-order chi connectivity index (χ1) is 15.9. The van der Waals surface area contributed by atoms with E-state index in [2.05, 4.69) is 29.6 Å². The van der Waals surface area contributed by atoms with Gasteiger partial charge in [0.15, 0.2) is 5.75 Å². The third-order valence-corrected chi connectivity index (χ3v) is 6.08. The van der Waals surface area contributed by atoms with E-state index in [1.54, 1.807) is 6.20 Å². The molecule has 0 fully saturated rings. The fourth-order valence-electron chi connectivity index (χ4n) is 3.35. The van der Waals surface area contributed by atoms with Crippen molar-refractivity contribution >= 4 is 40.8 Å². The number of aromatic nitrogens is 1. The summed E-state index contributed by atoms with van der Waals surface area (Å²) >= 11 is 13.7. The zero-order valence-corrected chi connectivity index (χ0v) is 21.0. The summed E-state index contributed by atoms with van der Waals surface area (Å²) in [5.74, 6) is 1.44. The van der Waals surface area contributed by atoms with Crippen LogP contribution in [0.3, 0.4) is 0 Å². The van der Waals surface area contributed by atoms with Crippen LogP contribution in [-0.2, 0) is 12.0 Å². The molecule has 1 heterocycles. The second-order valence-corrected chi connectivity index (χ2v) is 9.16. The summed E-state index contributed by atoms with van der Waals surface area (Å²) < 4.78 is 14.7. The van der Waals surface area contributed by atoms with Gasteiger partial charge in [0.1, 0.15) is 25.0 Å². The van der Waals surface area contributed by atoms with Crippen LogP contribution < -0.4 is 14.2 Å². The molecule has 1 N–H and O–H groups in total. The number of rotatable bonds is 10. The quantitative estimate of drug-likeness (QED) is 0.242. The van der Waals surface area contributed by atoms with Gasteiger partial charge in [0.05, 0.1) is 22.2 Å². The van der Waals surface area contributed by atoms with Crippen molar-refractivity contribution in [1.82, 2.24) is 4.98 Å². The predicted octanol–water partition coefficient (Wildman–Crippen LogP) is 6.82. The molecule has 0 unspecified atom stereocenters. The summed E-state index contributed by atoms with van der Waals surface area (Å²) in [6.45, 7) is 4.83. The predicted molar refractivity (Wildman–Crippen MR) is 137 cm³/mol. The Labute approximate surface area is 209 Å². The molecule has 33 heavy (non-hydrogen) atoms. The van der Waals surface area contributed by atoms with Gasteiger partial charge in [-0.15, -0.1) is 11.6 Å². The highest BCUT2D eigenvalue weighted by molar-refractivity contribution is 7.99. The maximum absolute atomic E-state index is 9.59. The van der Waals surface area contributed by atoms with Crippen LogP contribution in [0.4, 0.5) is 5.69 Å². The zero-order chi connectivity index (χ0) is 23.8. The Hall–Kier alpha value is -2.59. The van der Waals surface area contributed by atoms with Crippen LogP contribution in [0.15, 0.2) is 54.7 Å². The summed E-state index contributed by atoms with van der Waals surface area (Å²) in [5.41, 5.74) is 3.81. The topological polar surface area (TPSA) is 67.2 Å². The van der Waals surface area contributed by atoms with E-state index in [1.807, 2.05) is 54.8 Å². The number of anilines is 1. The second-order valence-electron chi connectivity index (χ2n) is 7.76. The van der Waals surface area contributed by atoms with E-state index in [-0.39, 0.29) is 6.61 Å². The Morgan fingerprint density at radius 3 is 2.52 bits per heavy atom. The minimum absolute atomic E-state index is 0.286. The maximum atomic E-state index is 9.59. The minimum atomic E-state index is -0.391. The lowest BCUT2D eigenvalue weighted by molar-refractivity contribution is 0.301. The molecule has 172 valence electrons. The monoisotopic (exact) mass is 501 g/mol. The Morgan fingerprint density at radius 1 is 1.09 bits per heavy atom. The number of hydrogen-bond acceptors (Lipinski definition) is 6. The van der Waals surface area contributed by atoms with Crippen LogP contribution in [0.2, 0.25) is 5.02 Å². The number of hydrogen-bond donors (Lipinski definition) is 1. The Balaban J connectivity index is 1.76. The molecule has 0 saturated carbocycles. The largest absolute Gasteiger partial charge is 0.489 e. The summed E-state index contributed by atoms with van der Waals surface area (Å²) in [6, 6.07) is 17.6. The molecule has 0 bridgehead atoms. The van der Waals surface area contributed by atoms with Crippen LogP contribution in [0, 0.1) is 11.3 Å². The van der Waals surface area contributed by atoms with Gasteiger partial charge in [-0.2, -0.15) is 5.26 Å². The van der Waals surface area contributed by atoms with Crippen molar-refractivity contribution in [1.29, 1.82) is 5.26 Å². The number of nitrogens with one attached hydrogen (secondary N) is 1. The molecule has 0 radical (unpaired) electrons. The van der Waals surface area contributed by atoms with Gasteiger partial charge in [-0.25, -0.2) is 0 Å². The minimum Gasteiger partial charge on any atom is -0.489 e. The average molecular weight is 502 g/mol. The van der Waals surface area contributed by atoms with Crippen molar-refractivity contribution in [3.8, 4) is 17.6 Å². The highest BCUT2D eigenvalue weighted by atomic mass is 35.5. The van der Waals surface area contributed by atoms with Gasteiger partial charge in [0, 0.05) is 23.6 Å². The molecule has 0 saturated heterocycles. The van der Waals surface area contributed by atoms with Crippen molar-refractivity contribution in [3.05, 3.63) is 82.1 Å². The molecule has 2 aromatic carbocycles. The van der Waals surface area contributed by atoms with Gasteiger partial charge in [0.2, 0.25) is 0 Å². The van der Waals surface area contributed by atoms with Crippen LogP contribution in [0.25, 0.3) is 0 Å². The van der Waals surface area contributed by atoms with E-state index in [4.69, 9.17) is 32.7 Å². The molecule has 5 nitrogen and oxygen atoms in total. The number of benzene rings is 2. The Morgan fingerprint density at radius 2 is 1.85 bits per heavy atom. The molecule has 0 spiro atoms. The molecule has 0 amide bonds. The van der Waals surface area contributed by atoms with E-state index >= 15 is 0 Å². The SMILES string of the molecule is CSNc1ccnc(COc2ccc(C(C)(C)c3cc(Cl)c(OCCCl)c(C#N)c3)cc2)c1. The Kier molecular flexibility index (Phi) is 8.74. The molecule has 3 aromatic rings. The van der Waals surface area contributed by atoms with Gasteiger partial charge < -0.3 is 14.2 Å². The van der Waals surface area contributed by atoms with Crippen LogP contribution >= 0.6 is 35.1 Å². The third-order valence-electron chi connectivity index (χ3n) is 5.21. The van der Waals surface area contributed by atoms with Crippen molar-refractivity contribution in [2.75, 3.05) is 23.5 Å². The van der Waals surface area contributed by atoms with Gasteiger partial charge >= 0.3 is 0 Å². The van der Waals surface area contributed by atoms with Crippen molar-refractivity contribution in [2.24, 2.45) is 0 Å². The molecular formula is C25H25Cl2N3O2S. The highest BCUT2D eigenvalue weighted by Gasteiger charge is 2.26. The number of pyridine rings is 1. The molecule has 0 atom stereocenters. The highest BCUT2D eigenvalue weighted by Crippen LogP contribution is 2.38. The van der Waals surface area contributed by atoms with E-state index in [0.29, 0.717) is 28.8 Å². The van der Waals surface area contributed by atoms with Crippen molar-refractivity contribution in [3.63, 3.8) is 0 Å². The molecule has 1 aromatic heterocycles. The van der Waals surface area contributed by atoms with Gasteiger partial charge in [0.25, 0.3) is 0 Å². The molecule has 3 rings (SSSR count). The summed E-state index contributed by atoms with van der Waals surface area (Å²) in [7, 11) is 0. The zero-order valence-electron chi connectivity index (χ0n) is 18.7. The molecule has 8 heteroatoms. The van der Waals surface area contributed by atoms with Crippen LogP contribution in [-0.4, -0.2) is 23.7 Å². The summed E-state index contributed by atoms with van der Waals surface area (Å²) in [6.07, 6.45) is 3.73. The van der Waals surface area contributed by atoms with Crippen molar-refractivity contribution in [2.45, 2.75) is 25.9 Å². The fraction of sp³-hybridized carbons (Fsp3) is 0.280. The van der Waals surface area contributed by atoms with Crippen LogP contribution in [0.5, 0.6) is 11.5 Å². The maximum Gasteiger partial charge on any atom is 0.155 e.